The van der Waals surface area contributed by atoms with Gasteiger partial charge in [0.05, 0.1) is 0 Å². The molecule has 0 aromatic rings. The zero-order chi connectivity index (χ0) is 55.7. The summed E-state index contributed by atoms with van der Waals surface area (Å²) in [6, 6.07) is 0. The van der Waals surface area contributed by atoms with Crippen molar-refractivity contribution in [2.24, 2.45) is 0 Å². The zero-order valence-electron chi connectivity index (χ0n) is 52.0. The summed E-state index contributed by atoms with van der Waals surface area (Å²) in [5.74, 6) is -0.850. The number of ether oxygens (including phenoxy) is 3. The monoisotopic (exact) mass is 1080 g/mol. The number of allylic oxidation sites excluding steroid dienone is 6. The summed E-state index contributed by atoms with van der Waals surface area (Å²) in [5.41, 5.74) is 0. The van der Waals surface area contributed by atoms with E-state index in [1.807, 2.05) is 0 Å². The molecule has 452 valence electrons. The van der Waals surface area contributed by atoms with Crippen LogP contribution in [0.4, 0.5) is 0 Å². The van der Waals surface area contributed by atoms with Crippen LogP contribution in [0.5, 0.6) is 0 Å². The Kier molecular flexibility index (Phi) is 64.1. The molecule has 1 atom stereocenters. The van der Waals surface area contributed by atoms with Gasteiger partial charge in [0.15, 0.2) is 6.10 Å². The summed E-state index contributed by atoms with van der Waals surface area (Å²) in [5, 5.41) is 0. The van der Waals surface area contributed by atoms with Gasteiger partial charge in [-0.25, -0.2) is 0 Å². The van der Waals surface area contributed by atoms with Crippen molar-refractivity contribution in [3.05, 3.63) is 36.5 Å². The largest absolute Gasteiger partial charge is 0.462 e. The van der Waals surface area contributed by atoms with Crippen molar-refractivity contribution in [3.8, 4) is 0 Å². The van der Waals surface area contributed by atoms with Gasteiger partial charge in [-0.05, 0) is 77.0 Å². The predicted octanol–water partition coefficient (Wildman–Crippen LogP) is 23.6. The molecule has 0 aromatic carbocycles. The van der Waals surface area contributed by atoms with Gasteiger partial charge in [-0.3, -0.25) is 14.4 Å². The first-order valence-corrected chi connectivity index (χ1v) is 34.5. The van der Waals surface area contributed by atoms with Crippen LogP contribution in [0.2, 0.25) is 0 Å². The molecule has 0 radical (unpaired) electrons. The van der Waals surface area contributed by atoms with Gasteiger partial charge < -0.3 is 14.2 Å². The summed E-state index contributed by atoms with van der Waals surface area (Å²) in [7, 11) is 0. The van der Waals surface area contributed by atoms with Gasteiger partial charge in [-0.15, -0.1) is 0 Å². The quantitative estimate of drug-likeness (QED) is 0.0261. The van der Waals surface area contributed by atoms with E-state index in [1.165, 1.54) is 270 Å². The predicted molar refractivity (Wildman–Crippen MR) is 335 cm³/mol. The van der Waals surface area contributed by atoms with E-state index in [2.05, 4.69) is 57.2 Å². The Bertz CT molecular complexity index is 1290. The molecule has 0 saturated carbocycles. The smallest absolute Gasteiger partial charge is 0.306 e. The molecule has 0 aromatic heterocycles. The summed E-state index contributed by atoms with van der Waals surface area (Å²) >= 11 is 0. The minimum absolute atomic E-state index is 0.0690. The minimum Gasteiger partial charge on any atom is -0.462 e. The lowest BCUT2D eigenvalue weighted by atomic mass is 10.0. The van der Waals surface area contributed by atoms with Gasteiger partial charge in [0.2, 0.25) is 0 Å². The van der Waals surface area contributed by atoms with Crippen molar-refractivity contribution >= 4 is 17.9 Å². The van der Waals surface area contributed by atoms with Crippen molar-refractivity contribution in [1.82, 2.24) is 0 Å². The molecule has 0 aliphatic rings. The molecule has 0 saturated heterocycles. The first-order valence-electron chi connectivity index (χ1n) is 34.5. The Hall–Kier alpha value is -2.37. The molecule has 0 N–H and O–H groups in total. The van der Waals surface area contributed by atoms with E-state index in [0.29, 0.717) is 19.3 Å². The first-order chi connectivity index (χ1) is 38.0. The Morgan fingerprint density at radius 3 is 0.727 bits per heavy atom. The number of unbranched alkanes of at least 4 members (excludes halogenated alkanes) is 47. The molecule has 6 heteroatoms. The van der Waals surface area contributed by atoms with Gasteiger partial charge in [-0.1, -0.05) is 320 Å². The van der Waals surface area contributed by atoms with Crippen LogP contribution in [0.25, 0.3) is 0 Å². The lowest BCUT2D eigenvalue weighted by Crippen LogP contribution is -2.30. The molecule has 0 fully saturated rings. The molecule has 0 bridgehead atoms. The van der Waals surface area contributed by atoms with Crippen molar-refractivity contribution < 1.29 is 28.6 Å². The van der Waals surface area contributed by atoms with E-state index in [9.17, 15) is 14.4 Å². The van der Waals surface area contributed by atoms with Crippen LogP contribution in [0, 0.1) is 0 Å². The fourth-order valence-corrected chi connectivity index (χ4v) is 10.4. The maximum atomic E-state index is 12.9. The highest BCUT2D eigenvalue weighted by Gasteiger charge is 2.19. The maximum Gasteiger partial charge on any atom is 0.306 e. The highest BCUT2D eigenvalue weighted by molar-refractivity contribution is 5.71. The van der Waals surface area contributed by atoms with Crippen LogP contribution in [0.15, 0.2) is 36.5 Å². The van der Waals surface area contributed by atoms with Gasteiger partial charge >= 0.3 is 17.9 Å². The van der Waals surface area contributed by atoms with Crippen molar-refractivity contribution in [1.29, 1.82) is 0 Å². The molecule has 0 aliphatic carbocycles. The van der Waals surface area contributed by atoms with E-state index < -0.39 is 6.10 Å². The van der Waals surface area contributed by atoms with Crippen LogP contribution >= 0.6 is 0 Å². The third kappa shape index (κ3) is 64.3. The molecule has 77 heavy (non-hydrogen) atoms. The van der Waals surface area contributed by atoms with Gasteiger partial charge in [0.25, 0.3) is 0 Å². The molecule has 0 aliphatic heterocycles. The molecular weight excluding hydrogens is 949 g/mol. The van der Waals surface area contributed by atoms with Crippen LogP contribution in [-0.4, -0.2) is 37.2 Å². The summed E-state index contributed by atoms with van der Waals surface area (Å²) in [4.78, 5) is 38.3. The third-order valence-electron chi connectivity index (χ3n) is 15.6. The van der Waals surface area contributed by atoms with Crippen molar-refractivity contribution in [2.45, 2.75) is 386 Å². The number of carbonyl (C=O) groups is 3. The van der Waals surface area contributed by atoms with Crippen molar-refractivity contribution in [2.75, 3.05) is 13.2 Å². The van der Waals surface area contributed by atoms with Gasteiger partial charge in [0.1, 0.15) is 13.2 Å². The van der Waals surface area contributed by atoms with Crippen molar-refractivity contribution in [3.63, 3.8) is 0 Å². The number of carbonyl (C=O) groups excluding carboxylic acids is 3. The zero-order valence-corrected chi connectivity index (χ0v) is 52.0. The molecule has 0 heterocycles. The topological polar surface area (TPSA) is 78.9 Å². The van der Waals surface area contributed by atoms with Gasteiger partial charge in [0, 0.05) is 19.3 Å². The average molecular weight is 1080 g/mol. The van der Waals surface area contributed by atoms with E-state index in [0.717, 1.165) is 70.6 Å². The molecule has 0 rings (SSSR count). The van der Waals surface area contributed by atoms with Gasteiger partial charge in [-0.2, -0.15) is 0 Å². The fraction of sp³-hybridized carbons (Fsp3) is 0.873. The Labute approximate surface area is 480 Å². The number of hydrogen-bond donors (Lipinski definition) is 0. The van der Waals surface area contributed by atoms with Crippen LogP contribution in [-0.2, 0) is 28.6 Å². The molecule has 0 amide bonds. The maximum absolute atomic E-state index is 12.9. The molecule has 0 spiro atoms. The highest BCUT2D eigenvalue weighted by Crippen LogP contribution is 2.18. The molecule has 6 nitrogen and oxygen atoms in total. The number of esters is 3. The molecule has 1 unspecified atom stereocenters. The standard InChI is InChI=1S/C71H132O6/c1-4-7-10-13-16-19-22-25-28-30-31-32-33-34-35-36-37-38-39-40-41-42-44-46-49-52-55-58-61-64-70(73)76-67-68(66-75-69(72)63-60-57-54-51-48-45-27-24-21-18-15-12-9-6-3)77-71(74)65-62-59-56-53-50-47-43-29-26-23-20-17-14-11-8-5-2/h22,24-25,27,30-31,68H,4-21,23,26,28-29,32-67H2,1-3H3/b25-22-,27-24-,31-30-. The first kappa shape index (κ1) is 74.6. The third-order valence-corrected chi connectivity index (χ3v) is 15.6. The highest BCUT2D eigenvalue weighted by atomic mass is 16.6. The van der Waals surface area contributed by atoms with Crippen LogP contribution in [0.3, 0.4) is 0 Å². The van der Waals surface area contributed by atoms with E-state index in [-0.39, 0.29) is 31.1 Å². The van der Waals surface area contributed by atoms with Crippen LogP contribution in [0.1, 0.15) is 380 Å². The van der Waals surface area contributed by atoms with E-state index in [1.54, 1.807) is 0 Å². The van der Waals surface area contributed by atoms with E-state index in [4.69, 9.17) is 14.2 Å². The van der Waals surface area contributed by atoms with Crippen LogP contribution < -0.4 is 0 Å². The lowest BCUT2D eigenvalue weighted by Gasteiger charge is -2.18. The summed E-state index contributed by atoms with van der Waals surface area (Å²) in [6.07, 6.45) is 81.7. The number of hydrogen-bond acceptors (Lipinski definition) is 6. The second kappa shape index (κ2) is 66.1. The Balaban J connectivity index is 4.18. The second-order valence-corrected chi connectivity index (χ2v) is 23.4. The molecular formula is C71H132O6. The Morgan fingerprint density at radius 1 is 0.260 bits per heavy atom. The second-order valence-electron chi connectivity index (χ2n) is 23.4. The minimum atomic E-state index is -0.772. The average Bonchev–Trinajstić information content (AvgIpc) is 3.43. The summed E-state index contributed by atoms with van der Waals surface area (Å²) < 4.78 is 17.0. The van der Waals surface area contributed by atoms with E-state index >= 15 is 0 Å². The Morgan fingerprint density at radius 2 is 0.468 bits per heavy atom. The number of rotatable bonds is 64. The SMILES string of the molecule is CCCCCCC/C=C\C/C=C\CCCCCCCCCCCCCCCCCCCC(=O)OCC(COC(=O)CCCCCCC/C=C\CCCCCCC)OC(=O)CCCCCCCCCCCCCCCCCC. The lowest BCUT2D eigenvalue weighted by molar-refractivity contribution is -0.167. The summed E-state index contributed by atoms with van der Waals surface area (Å²) in [6.45, 7) is 6.68. The normalized spacial score (nSPS) is 12.2. The fourth-order valence-electron chi connectivity index (χ4n) is 10.4.